The summed E-state index contributed by atoms with van der Waals surface area (Å²) < 4.78 is 46.5. The van der Waals surface area contributed by atoms with Gasteiger partial charge in [-0.2, -0.15) is 4.72 Å². The van der Waals surface area contributed by atoms with Crippen LogP contribution in [-0.2, 0) is 11.5 Å². The van der Waals surface area contributed by atoms with E-state index in [1.165, 1.54) is 6.20 Å². The average Bonchev–Trinajstić information content (AvgIpc) is 3.33. The topological polar surface area (TPSA) is 84.1 Å². The number of H-pyrrole nitrogens is 1. The highest BCUT2D eigenvalue weighted by Gasteiger charge is 2.29. The SMILES string of the molecule is O=C(c1c(F)ccc(N[S+]([O-])N2CCCC2)c1F)c1c[nH]c2ncc(Br)cc12. The van der Waals surface area contributed by atoms with Gasteiger partial charge in [0.2, 0.25) is 5.78 Å². The number of rotatable bonds is 5. The molecule has 0 radical (unpaired) electrons. The first kappa shape index (κ1) is 19.3. The van der Waals surface area contributed by atoms with Gasteiger partial charge >= 0.3 is 0 Å². The maximum Gasteiger partial charge on any atom is 0.201 e. The standard InChI is InChI=1S/C18H15BrF2N4O2S/c19-10-7-11-12(9-23-18(11)22-8-10)17(26)15-13(20)3-4-14(16(15)21)24-28(27)25-5-1-2-6-25/h3-4,7-9,24H,1-2,5-6H2,(H,22,23). The molecule has 1 saturated heterocycles. The summed E-state index contributed by atoms with van der Waals surface area (Å²) in [5.74, 6) is -2.89. The van der Waals surface area contributed by atoms with Crippen LogP contribution in [0.3, 0.4) is 0 Å². The van der Waals surface area contributed by atoms with E-state index in [9.17, 15) is 18.1 Å². The van der Waals surface area contributed by atoms with Gasteiger partial charge in [0.1, 0.15) is 17.2 Å². The third kappa shape index (κ3) is 3.52. The van der Waals surface area contributed by atoms with Crippen LogP contribution in [0.1, 0.15) is 28.8 Å². The molecule has 0 saturated carbocycles. The number of ketones is 1. The molecule has 1 fully saturated rings. The van der Waals surface area contributed by atoms with Crippen LogP contribution in [0, 0.1) is 11.6 Å². The molecule has 1 aliphatic heterocycles. The van der Waals surface area contributed by atoms with Crippen LogP contribution >= 0.6 is 15.9 Å². The summed E-state index contributed by atoms with van der Waals surface area (Å²) in [6, 6.07) is 3.78. The van der Waals surface area contributed by atoms with E-state index in [4.69, 9.17) is 0 Å². The van der Waals surface area contributed by atoms with Crippen molar-refractivity contribution in [1.82, 2.24) is 14.3 Å². The summed E-state index contributed by atoms with van der Waals surface area (Å²) in [7, 11) is 0. The molecule has 0 amide bonds. The van der Waals surface area contributed by atoms with Crippen molar-refractivity contribution in [2.24, 2.45) is 0 Å². The van der Waals surface area contributed by atoms with Crippen molar-refractivity contribution in [2.45, 2.75) is 12.8 Å². The average molecular weight is 469 g/mol. The third-order valence-electron chi connectivity index (χ3n) is 4.56. The summed E-state index contributed by atoms with van der Waals surface area (Å²) in [6.07, 6.45) is 4.74. The largest absolute Gasteiger partial charge is 0.573 e. The van der Waals surface area contributed by atoms with Gasteiger partial charge in [-0.25, -0.2) is 13.8 Å². The lowest BCUT2D eigenvalue weighted by Crippen LogP contribution is -2.33. The molecule has 146 valence electrons. The van der Waals surface area contributed by atoms with Crippen molar-refractivity contribution >= 4 is 50.0 Å². The van der Waals surface area contributed by atoms with Crippen LogP contribution in [0.5, 0.6) is 0 Å². The first-order valence-electron chi connectivity index (χ1n) is 8.54. The number of anilines is 1. The number of hydrogen-bond acceptors (Lipinski definition) is 5. The number of hydrogen-bond donors (Lipinski definition) is 2. The molecule has 1 atom stereocenters. The molecule has 3 aromatic rings. The van der Waals surface area contributed by atoms with Crippen molar-refractivity contribution in [3.63, 3.8) is 0 Å². The van der Waals surface area contributed by atoms with Crippen LogP contribution < -0.4 is 4.72 Å². The zero-order valence-corrected chi connectivity index (χ0v) is 16.9. The number of halogens is 3. The van der Waals surface area contributed by atoms with Gasteiger partial charge in [0.25, 0.3) is 0 Å². The Morgan fingerprint density at radius 1 is 1.32 bits per heavy atom. The van der Waals surface area contributed by atoms with E-state index < -0.39 is 34.5 Å². The summed E-state index contributed by atoms with van der Waals surface area (Å²) in [4.78, 5) is 19.9. The Kier molecular flexibility index (Phi) is 5.37. The molecule has 0 spiro atoms. The number of nitrogens with zero attached hydrogens (tertiary/aromatic N) is 2. The van der Waals surface area contributed by atoms with Crippen molar-refractivity contribution in [3.05, 3.63) is 57.8 Å². The van der Waals surface area contributed by atoms with E-state index in [0.29, 0.717) is 28.6 Å². The summed E-state index contributed by atoms with van der Waals surface area (Å²) in [5, 5.41) is 0.442. The van der Waals surface area contributed by atoms with E-state index in [2.05, 4.69) is 30.6 Å². The quantitative estimate of drug-likeness (QED) is 0.437. The fourth-order valence-corrected chi connectivity index (χ4v) is 4.55. The van der Waals surface area contributed by atoms with E-state index in [1.54, 1.807) is 16.6 Å². The Labute approximate surface area is 170 Å². The second-order valence-electron chi connectivity index (χ2n) is 6.35. The van der Waals surface area contributed by atoms with Gasteiger partial charge in [-0.3, -0.25) is 4.79 Å². The van der Waals surface area contributed by atoms with Crippen molar-refractivity contribution in [1.29, 1.82) is 0 Å². The lowest BCUT2D eigenvalue weighted by molar-refractivity contribution is 0.103. The van der Waals surface area contributed by atoms with Gasteiger partial charge in [0.15, 0.2) is 17.4 Å². The third-order valence-corrected chi connectivity index (χ3v) is 6.22. The van der Waals surface area contributed by atoms with Gasteiger partial charge in [0.05, 0.1) is 5.56 Å². The zero-order valence-electron chi connectivity index (χ0n) is 14.5. The zero-order chi connectivity index (χ0) is 19.8. The van der Waals surface area contributed by atoms with Gasteiger partial charge < -0.3 is 9.54 Å². The Bertz CT molecular complexity index is 1060. The van der Waals surface area contributed by atoms with Crippen LogP contribution in [-0.4, -0.2) is 37.7 Å². The minimum atomic E-state index is -1.66. The first-order valence-corrected chi connectivity index (χ1v) is 10.4. The smallest absolute Gasteiger partial charge is 0.201 e. The maximum atomic E-state index is 15.0. The van der Waals surface area contributed by atoms with Gasteiger partial charge in [-0.05, 0) is 47.0 Å². The van der Waals surface area contributed by atoms with Crippen LogP contribution in [0.2, 0.25) is 0 Å². The van der Waals surface area contributed by atoms with Gasteiger partial charge in [-0.1, -0.05) is 0 Å². The molecule has 4 rings (SSSR count). The van der Waals surface area contributed by atoms with Crippen molar-refractivity contribution < 1.29 is 18.1 Å². The number of benzene rings is 1. The molecule has 28 heavy (non-hydrogen) atoms. The lowest BCUT2D eigenvalue weighted by atomic mass is 10.0. The molecule has 3 heterocycles. The van der Waals surface area contributed by atoms with Gasteiger partial charge in [-0.15, -0.1) is 4.31 Å². The molecule has 0 bridgehead atoms. The van der Waals surface area contributed by atoms with Crippen molar-refractivity contribution in [2.75, 3.05) is 17.8 Å². The summed E-state index contributed by atoms with van der Waals surface area (Å²) in [5.41, 5.74) is -0.366. The molecule has 6 nitrogen and oxygen atoms in total. The molecule has 2 N–H and O–H groups in total. The highest BCUT2D eigenvalue weighted by Crippen LogP contribution is 2.29. The summed E-state index contributed by atoms with van der Waals surface area (Å²) >= 11 is 1.61. The molecular weight excluding hydrogens is 454 g/mol. The minimum Gasteiger partial charge on any atom is -0.573 e. The predicted molar refractivity (Wildman–Crippen MR) is 106 cm³/mol. The number of carbonyl (C=O) groups excluding carboxylic acids is 1. The molecular formula is C18H15BrF2N4O2S. The monoisotopic (exact) mass is 468 g/mol. The van der Waals surface area contributed by atoms with E-state index >= 15 is 0 Å². The van der Waals surface area contributed by atoms with Crippen LogP contribution in [0.25, 0.3) is 11.0 Å². The number of nitrogens with one attached hydrogen (secondary N) is 2. The van der Waals surface area contributed by atoms with Gasteiger partial charge in [0, 0.05) is 40.9 Å². The molecule has 2 aromatic heterocycles. The van der Waals surface area contributed by atoms with E-state index in [1.807, 2.05) is 0 Å². The fraction of sp³-hybridized carbons (Fsp3) is 0.222. The number of aromatic nitrogens is 2. The second kappa shape index (κ2) is 7.78. The molecule has 1 unspecified atom stereocenters. The Morgan fingerprint density at radius 3 is 2.82 bits per heavy atom. The molecule has 0 aliphatic carbocycles. The maximum absolute atomic E-state index is 15.0. The first-order chi connectivity index (χ1) is 13.5. The Hall–Kier alpha value is -2.01. The second-order valence-corrected chi connectivity index (χ2v) is 8.49. The number of fused-ring (bicyclic) bond motifs is 1. The Morgan fingerprint density at radius 2 is 2.07 bits per heavy atom. The Balaban J connectivity index is 1.70. The molecule has 1 aromatic carbocycles. The van der Waals surface area contributed by atoms with Crippen LogP contribution in [0.15, 0.2) is 35.1 Å². The number of carbonyl (C=O) groups is 1. The molecule has 10 heteroatoms. The number of pyridine rings is 1. The lowest BCUT2D eigenvalue weighted by Gasteiger charge is -2.19. The minimum absolute atomic E-state index is 0.0967. The highest BCUT2D eigenvalue weighted by atomic mass is 79.9. The number of aromatic amines is 1. The fourth-order valence-electron chi connectivity index (χ4n) is 3.15. The normalized spacial score (nSPS) is 15.9. The highest BCUT2D eigenvalue weighted by molar-refractivity contribution is 9.10. The van der Waals surface area contributed by atoms with E-state index in [0.717, 1.165) is 25.0 Å². The van der Waals surface area contributed by atoms with Crippen LogP contribution in [0.4, 0.5) is 14.5 Å². The summed E-state index contributed by atoms with van der Waals surface area (Å²) in [6.45, 7) is 1.26. The van der Waals surface area contributed by atoms with Crippen molar-refractivity contribution in [3.8, 4) is 0 Å². The predicted octanol–water partition coefficient (Wildman–Crippen LogP) is 3.92. The van der Waals surface area contributed by atoms with E-state index in [-0.39, 0.29) is 11.3 Å². The molecule has 1 aliphatic rings.